The Balaban J connectivity index is 4.23. The number of unbranched alkanes of at least 4 members (excludes halogenated alkanes) is 29. The van der Waals surface area contributed by atoms with E-state index in [-0.39, 0.29) is 25.7 Å². The number of hydrogen-bond donors (Lipinski definition) is 1. The number of amides is 1. The lowest BCUT2D eigenvalue weighted by Crippen LogP contribution is -2.38. The van der Waals surface area contributed by atoms with Crippen molar-refractivity contribution in [2.45, 2.75) is 225 Å². The largest absolute Gasteiger partial charge is 0.472 e. The molecule has 8 nitrogen and oxygen atoms in total. The predicted molar refractivity (Wildman–Crippen MR) is 231 cm³/mol. The Hall–Kier alpha value is -0.500. The molecule has 1 amide bonds. The molecule has 0 aliphatic rings. The minimum atomic E-state index is -4.30. The first-order valence-electron chi connectivity index (χ1n) is 23.3. The number of likely N-dealkylation sites (N-methyl/N-ethyl adjacent to an activating group) is 2. The van der Waals surface area contributed by atoms with Gasteiger partial charge in [0.2, 0.25) is 5.91 Å². The van der Waals surface area contributed by atoms with Gasteiger partial charge in [0, 0.05) is 26.6 Å². The molecule has 0 aliphatic carbocycles. The Morgan fingerprint density at radius 1 is 0.574 bits per heavy atom. The molecule has 0 saturated carbocycles. The highest BCUT2D eigenvalue weighted by Gasteiger charge is 2.29. The zero-order valence-corrected chi connectivity index (χ0v) is 38.0. The van der Waals surface area contributed by atoms with Gasteiger partial charge in [-0.3, -0.25) is 13.8 Å². The zero-order chi connectivity index (χ0) is 40.0. The molecule has 9 heteroatoms. The molecule has 0 aromatic carbocycles. The van der Waals surface area contributed by atoms with E-state index in [9.17, 15) is 14.3 Å². The highest BCUT2D eigenvalue weighted by atomic mass is 31.2. The molecule has 0 radical (unpaired) electrons. The first-order chi connectivity index (χ1) is 26.0. The van der Waals surface area contributed by atoms with E-state index in [1.54, 1.807) is 11.9 Å². The van der Waals surface area contributed by atoms with Gasteiger partial charge in [-0.15, -0.1) is 0 Å². The summed E-state index contributed by atoms with van der Waals surface area (Å²) in [5.74, 6) is 0.0360. The van der Waals surface area contributed by atoms with Crippen LogP contribution in [0.4, 0.5) is 0 Å². The summed E-state index contributed by atoms with van der Waals surface area (Å²) in [5.41, 5.74) is 0. The van der Waals surface area contributed by atoms with Crippen molar-refractivity contribution in [2.24, 2.45) is 0 Å². The number of quaternary nitrogens is 1. The third kappa shape index (κ3) is 39.7. The number of carbonyl (C=O) groups excluding carboxylic acids is 1. The van der Waals surface area contributed by atoms with Crippen LogP contribution in [0.1, 0.15) is 219 Å². The topological polar surface area (TPSA) is 85.3 Å². The standard InChI is InChI=1S/C45H93N2O6P/c1-7-9-11-13-15-17-19-21-22-23-24-25-27-29-31-33-35-37-40-51-43-44(53-54(49,50)52-41-39-47(4,5)6)42-46(3)45(48)38-36-34-32-30-28-26-20-18-16-14-12-10-8-2/h44H,7-43H2,1-6H3/p+1. The third-order valence-electron chi connectivity index (χ3n) is 10.6. The lowest BCUT2D eigenvalue weighted by atomic mass is 10.0. The van der Waals surface area contributed by atoms with E-state index in [4.69, 9.17) is 13.8 Å². The van der Waals surface area contributed by atoms with Gasteiger partial charge >= 0.3 is 7.82 Å². The smallest absolute Gasteiger partial charge is 0.379 e. The SMILES string of the molecule is CCCCCCCCCCCCCCCCCCCCOCC(CN(C)C(=O)CCCCCCCCCCCCCCC)OP(=O)(O)OCC[N+](C)(C)C. The molecular weight excluding hydrogens is 695 g/mol. The van der Waals surface area contributed by atoms with E-state index in [0.29, 0.717) is 24.1 Å². The number of phosphoric ester groups is 1. The van der Waals surface area contributed by atoms with Crippen LogP contribution in [0.5, 0.6) is 0 Å². The molecule has 0 bridgehead atoms. The highest BCUT2D eigenvalue weighted by molar-refractivity contribution is 7.47. The number of nitrogens with zero attached hydrogens (tertiary/aromatic N) is 2. The second kappa shape index (κ2) is 38.0. The van der Waals surface area contributed by atoms with E-state index in [1.165, 1.54) is 173 Å². The molecule has 0 heterocycles. The third-order valence-corrected chi connectivity index (χ3v) is 11.7. The summed E-state index contributed by atoms with van der Waals surface area (Å²) in [7, 11) is 3.46. The highest BCUT2D eigenvalue weighted by Crippen LogP contribution is 2.44. The van der Waals surface area contributed by atoms with E-state index in [0.717, 1.165) is 25.7 Å². The zero-order valence-electron chi connectivity index (χ0n) is 37.1. The van der Waals surface area contributed by atoms with Crippen LogP contribution in [-0.4, -0.2) is 87.4 Å². The number of hydrogen-bond acceptors (Lipinski definition) is 5. The molecule has 2 atom stereocenters. The van der Waals surface area contributed by atoms with E-state index in [1.807, 2.05) is 21.1 Å². The van der Waals surface area contributed by atoms with Crippen LogP contribution in [0.3, 0.4) is 0 Å². The van der Waals surface area contributed by atoms with Crippen molar-refractivity contribution in [3.8, 4) is 0 Å². The fourth-order valence-corrected chi connectivity index (χ4v) is 7.86. The molecular formula is C45H94N2O6P+. The number of rotatable bonds is 43. The van der Waals surface area contributed by atoms with Crippen LogP contribution in [0.15, 0.2) is 0 Å². The van der Waals surface area contributed by atoms with Gasteiger partial charge in [-0.05, 0) is 12.8 Å². The molecule has 1 N–H and O–H groups in total. The van der Waals surface area contributed by atoms with Crippen molar-refractivity contribution in [3.05, 3.63) is 0 Å². The summed E-state index contributed by atoms with van der Waals surface area (Å²) in [6, 6.07) is 0. The Morgan fingerprint density at radius 3 is 1.30 bits per heavy atom. The average molecular weight is 790 g/mol. The van der Waals surface area contributed by atoms with Crippen molar-refractivity contribution < 1.29 is 32.5 Å². The molecule has 54 heavy (non-hydrogen) atoms. The van der Waals surface area contributed by atoms with Gasteiger partial charge in [-0.2, -0.15) is 0 Å². The normalized spacial score (nSPS) is 13.7. The predicted octanol–water partition coefficient (Wildman–Crippen LogP) is 13.2. The van der Waals surface area contributed by atoms with E-state index in [2.05, 4.69) is 13.8 Å². The summed E-state index contributed by atoms with van der Waals surface area (Å²) >= 11 is 0. The van der Waals surface area contributed by atoms with Crippen molar-refractivity contribution in [2.75, 3.05) is 61.1 Å². The second-order valence-corrected chi connectivity index (χ2v) is 18.8. The van der Waals surface area contributed by atoms with Crippen molar-refractivity contribution in [1.82, 2.24) is 4.90 Å². The molecule has 0 aromatic rings. The first-order valence-corrected chi connectivity index (χ1v) is 24.8. The Labute approximate surface area is 336 Å². The van der Waals surface area contributed by atoms with Gasteiger partial charge in [-0.1, -0.05) is 200 Å². The minimum absolute atomic E-state index is 0.0360. The maximum Gasteiger partial charge on any atom is 0.472 e. The van der Waals surface area contributed by atoms with Gasteiger partial charge in [0.1, 0.15) is 19.3 Å². The summed E-state index contributed by atoms with van der Waals surface area (Å²) in [5, 5.41) is 0. The minimum Gasteiger partial charge on any atom is -0.379 e. The van der Waals surface area contributed by atoms with Crippen LogP contribution in [0, 0.1) is 0 Å². The molecule has 0 spiro atoms. The van der Waals surface area contributed by atoms with Gasteiger partial charge in [-0.25, -0.2) is 4.57 Å². The fourth-order valence-electron chi connectivity index (χ4n) is 6.98. The molecule has 324 valence electrons. The van der Waals surface area contributed by atoms with Crippen LogP contribution in [0.25, 0.3) is 0 Å². The lowest BCUT2D eigenvalue weighted by molar-refractivity contribution is -0.870. The number of phosphoric acid groups is 1. The van der Waals surface area contributed by atoms with Crippen molar-refractivity contribution >= 4 is 13.7 Å². The Morgan fingerprint density at radius 2 is 0.926 bits per heavy atom. The second-order valence-electron chi connectivity index (χ2n) is 17.4. The molecule has 2 unspecified atom stereocenters. The van der Waals surface area contributed by atoms with Gasteiger partial charge < -0.3 is 19.0 Å². The first kappa shape index (κ1) is 53.5. The molecule has 0 fully saturated rings. The maximum atomic E-state index is 13.0. The lowest BCUT2D eigenvalue weighted by Gasteiger charge is -2.27. The molecule has 0 aliphatic heterocycles. The van der Waals surface area contributed by atoms with E-state index >= 15 is 0 Å². The van der Waals surface area contributed by atoms with Crippen LogP contribution >= 0.6 is 7.82 Å². The summed E-state index contributed by atoms with van der Waals surface area (Å²) in [6.45, 7) is 6.16. The van der Waals surface area contributed by atoms with Gasteiger partial charge in [0.25, 0.3) is 0 Å². The Kier molecular flexibility index (Phi) is 37.7. The van der Waals surface area contributed by atoms with Gasteiger partial charge in [0.05, 0.1) is 27.7 Å². The molecule has 0 saturated heterocycles. The summed E-state index contributed by atoms with van der Waals surface area (Å²) in [6.07, 6.45) is 40.3. The van der Waals surface area contributed by atoms with Crippen molar-refractivity contribution in [3.63, 3.8) is 0 Å². The quantitative estimate of drug-likeness (QED) is 0.0376. The van der Waals surface area contributed by atoms with Gasteiger partial charge in [0.15, 0.2) is 0 Å². The Bertz CT molecular complexity index is 855. The fraction of sp³-hybridized carbons (Fsp3) is 0.978. The monoisotopic (exact) mass is 790 g/mol. The average Bonchev–Trinajstić information content (AvgIpc) is 3.11. The number of carbonyl (C=O) groups is 1. The molecule has 0 rings (SSSR count). The summed E-state index contributed by atoms with van der Waals surface area (Å²) in [4.78, 5) is 25.1. The molecule has 0 aromatic heterocycles. The van der Waals surface area contributed by atoms with Crippen LogP contribution < -0.4 is 0 Å². The number of ether oxygens (including phenoxy) is 1. The summed E-state index contributed by atoms with van der Waals surface area (Å²) < 4.78 is 30.3. The van der Waals surface area contributed by atoms with E-state index < -0.39 is 13.9 Å². The van der Waals surface area contributed by atoms with Crippen LogP contribution in [-0.2, 0) is 23.1 Å². The van der Waals surface area contributed by atoms with Crippen molar-refractivity contribution in [1.29, 1.82) is 0 Å². The van der Waals surface area contributed by atoms with Crippen LogP contribution in [0.2, 0.25) is 0 Å². The maximum absolute atomic E-state index is 13.0.